The highest BCUT2D eigenvalue weighted by Crippen LogP contribution is 2.25. The van der Waals surface area contributed by atoms with Crippen LogP contribution in [0.1, 0.15) is 22.4 Å². The molecule has 0 radical (unpaired) electrons. The molecule has 0 saturated heterocycles. The van der Waals surface area contributed by atoms with Crippen molar-refractivity contribution < 1.29 is 9.84 Å². The van der Waals surface area contributed by atoms with Crippen molar-refractivity contribution in [2.45, 2.75) is 20.0 Å². The third-order valence-corrected chi connectivity index (χ3v) is 3.84. The molecule has 0 saturated carbocycles. The van der Waals surface area contributed by atoms with Gasteiger partial charge in [-0.15, -0.1) is 11.3 Å². The van der Waals surface area contributed by atoms with Crippen molar-refractivity contribution in [3.63, 3.8) is 0 Å². The minimum atomic E-state index is 0.0880. The third kappa shape index (κ3) is 4.01. The summed E-state index contributed by atoms with van der Waals surface area (Å²) in [5.74, 6) is 6.77. The second-order valence-electron chi connectivity index (χ2n) is 4.23. The van der Waals surface area contributed by atoms with E-state index < -0.39 is 0 Å². The van der Waals surface area contributed by atoms with Crippen LogP contribution < -0.4 is 4.74 Å². The predicted octanol–water partition coefficient (Wildman–Crippen LogP) is 4.02. The molecule has 1 aromatic carbocycles. The molecule has 4 heteroatoms. The van der Waals surface area contributed by atoms with Gasteiger partial charge in [0.2, 0.25) is 0 Å². The molecule has 0 amide bonds. The molecule has 1 heterocycles. The summed E-state index contributed by atoms with van der Waals surface area (Å²) in [5, 5.41) is 11.4. The summed E-state index contributed by atoms with van der Waals surface area (Å²) in [4.78, 5) is 1.08. The van der Waals surface area contributed by atoms with Crippen molar-refractivity contribution in [2.24, 2.45) is 0 Å². The molecule has 0 bridgehead atoms. The van der Waals surface area contributed by atoms with Crippen molar-refractivity contribution >= 4 is 22.9 Å². The number of aryl methyl sites for hydroxylation is 1. The zero-order valence-electron chi connectivity index (χ0n) is 11.1. The van der Waals surface area contributed by atoms with Gasteiger partial charge < -0.3 is 9.84 Å². The second kappa shape index (κ2) is 7.35. The average molecular weight is 307 g/mol. The average Bonchev–Trinajstić information content (AvgIpc) is 2.88. The topological polar surface area (TPSA) is 29.5 Å². The standard InChI is InChI=1S/C16H15ClO2S/c1-12-5-6-14(17)10-15(12)19-11-16-13(7-9-20-16)4-2-3-8-18/h5-7,9-10,18H,3,8,11H2,1H3. The Balaban J connectivity index is 2.06. The summed E-state index contributed by atoms with van der Waals surface area (Å²) in [6, 6.07) is 7.58. The van der Waals surface area contributed by atoms with Gasteiger partial charge in [-0.2, -0.15) is 0 Å². The molecule has 0 unspecified atom stereocenters. The zero-order chi connectivity index (χ0) is 14.4. The second-order valence-corrected chi connectivity index (χ2v) is 5.67. The first-order valence-corrected chi connectivity index (χ1v) is 7.51. The van der Waals surface area contributed by atoms with Crippen molar-refractivity contribution in [1.82, 2.24) is 0 Å². The Bertz CT molecular complexity index is 637. The van der Waals surface area contributed by atoms with E-state index in [1.807, 2.05) is 36.6 Å². The molecule has 0 aliphatic carbocycles. The first kappa shape index (κ1) is 14.9. The molecular weight excluding hydrogens is 292 g/mol. The monoisotopic (exact) mass is 306 g/mol. The van der Waals surface area contributed by atoms with Gasteiger partial charge in [-0.05, 0) is 36.1 Å². The zero-order valence-corrected chi connectivity index (χ0v) is 12.7. The fourth-order valence-corrected chi connectivity index (χ4v) is 2.55. The van der Waals surface area contributed by atoms with Crippen molar-refractivity contribution in [3.8, 4) is 17.6 Å². The molecule has 0 spiro atoms. The van der Waals surface area contributed by atoms with Crippen LogP contribution in [0.15, 0.2) is 29.6 Å². The number of benzene rings is 1. The molecule has 2 aromatic rings. The number of thiophene rings is 1. The largest absolute Gasteiger partial charge is 0.488 e. The highest BCUT2D eigenvalue weighted by Gasteiger charge is 2.05. The Morgan fingerprint density at radius 1 is 1.35 bits per heavy atom. The van der Waals surface area contributed by atoms with Gasteiger partial charge in [-0.25, -0.2) is 0 Å². The Labute approximate surface area is 128 Å². The lowest BCUT2D eigenvalue weighted by Crippen LogP contribution is -1.96. The van der Waals surface area contributed by atoms with E-state index in [0.717, 1.165) is 21.8 Å². The van der Waals surface area contributed by atoms with Gasteiger partial charge in [0.1, 0.15) is 12.4 Å². The number of hydrogen-bond donors (Lipinski definition) is 1. The number of rotatable bonds is 4. The number of halogens is 1. The molecule has 0 atom stereocenters. The summed E-state index contributed by atoms with van der Waals surface area (Å²) in [6.45, 7) is 2.55. The number of aliphatic hydroxyl groups is 1. The molecule has 0 fully saturated rings. The van der Waals surface area contributed by atoms with Gasteiger partial charge in [0.15, 0.2) is 0 Å². The molecule has 1 N–H and O–H groups in total. The summed E-state index contributed by atoms with van der Waals surface area (Å²) < 4.78 is 5.82. The quantitative estimate of drug-likeness (QED) is 0.864. The van der Waals surface area contributed by atoms with Crippen molar-refractivity contribution in [2.75, 3.05) is 6.61 Å². The van der Waals surface area contributed by atoms with Crippen LogP contribution in [0, 0.1) is 18.8 Å². The molecule has 2 nitrogen and oxygen atoms in total. The Kier molecular flexibility index (Phi) is 5.49. The van der Waals surface area contributed by atoms with Gasteiger partial charge in [-0.3, -0.25) is 0 Å². The summed E-state index contributed by atoms with van der Waals surface area (Å²) in [7, 11) is 0. The predicted molar refractivity (Wildman–Crippen MR) is 83.4 cm³/mol. The van der Waals surface area contributed by atoms with Gasteiger partial charge in [0.05, 0.1) is 11.5 Å². The minimum Gasteiger partial charge on any atom is -0.488 e. The highest BCUT2D eigenvalue weighted by atomic mass is 35.5. The van der Waals surface area contributed by atoms with Crippen LogP contribution >= 0.6 is 22.9 Å². The van der Waals surface area contributed by atoms with Crippen LogP contribution in [0.2, 0.25) is 5.02 Å². The van der Waals surface area contributed by atoms with Crippen LogP contribution in [0.4, 0.5) is 0 Å². The molecule has 0 aliphatic heterocycles. The van der Waals surface area contributed by atoms with Gasteiger partial charge >= 0.3 is 0 Å². The van der Waals surface area contributed by atoms with Crippen LogP contribution in [0.3, 0.4) is 0 Å². The maximum Gasteiger partial charge on any atom is 0.124 e. The van der Waals surface area contributed by atoms with Gasteiger partial charge in [0.25, 0.3) is 0 Å². The maximum absolute atomic E-state index is 8.74. The molecule has 20 heavy (non-hydrogen) atoms. The molecule has 1 aromatic heterocycles. The van der Waals surface area contributed by atoms with Crippen LogP contribution in [-0.4, -0.2) is 11.7 Å². The summed E-state index contributed by atoms with van der Waals surface area (Å²) in [5.41, 5.74) is 2.02. The Hall–Kier alpha value is -1.47. The van der Waals surface area contributed by atoms with Gasteiger partial charge in [0, 0.05) is 17.0 Å². The summed E-state index contributed by atoms with van der Waals surface area (Å²) in [6.07, 6.45) is 0.490. The van der Waals surface area contributed by atoms with Gasteiger partial charge in [-0.1, -0.05) is 29.5 Å². The van der Waals surface area contributed by atoms with Crippen molar-refractivity contribution in [3.05, 3.63) is 50.7 Å². The van der Waals surface area contributed by atoms with E-state index in [9.17, 15) is 0 Å². The number of aliphatic hydroxyl groups excluding tert-OH is 1. The van der Waals surface area contributed by atoms with E-state index in [2.05, 4.69) is 11.8 Å². The Morgan fingerprint density at radius 2 is 2.20 bits per heavy atom. The highest BCUT2D eigenvalue weighted by molar-refractivity contribution is 7.10. The van der Waals surface area contributed by atoms with E-state index in [1.54, 1.807) is 11.3 Å². The maximum atomic E-state index is 8.74. The van der Waals surface area contributed by atoms with E-state index >= 15 is 0 Å². The fourth-order valence-electron chi connectivity index (χ4n) is 1.65. The van der Waals surface area contributed by atoms with E-state index in [4.69, 9.17) is 21.4 Å². The number of ether oxygens (including phenoxy) is 1. The molecule has 2 rings (SSSR count). The first-order valence-electron chi connectivity index (χ1n) is 6.25. The normalized spacial score (nSPS) is 9.95. The first-order chi connectivity index (χ1) is 9.70. The number of hydrogen-bond acceptors (Lipinski definition) is 3. The molecule has 104 valence electrons. The van der Waals surface area contributed by atoms with E-state index in [0.29, 0.717) is 18.1 Å². The molecular formula is C16H15ClO2S. The fraction of sp³-hybridized carbons (Fsp3) is 0.250. The smallest absolute Gasteiger partial charge is 0.124 e. The lowest BCUT2D eigenvalue weighted by Gasteiger charge is -2.08. The van der Waals surface area contributed by atoms with Crippen molar-refractivity contribution in [1.29, 1.82) is 0 Å². The van der Waals surface area contributed by atoms with Crippen LogP contribution in [0.5, 0.6) is 5.75 Å². The van der Waals surface area contributed by atoms with Crippen LogP contribution in [-0.2, 0) is 6.61 Å². The lowest BCUT2D eigenvalue weighted by atomic mass is 10.2. The minimum absolute atomic E-state index is 0.0880. The SMILES string of the molecule is Cc1ccc(Cl)cc1OCc1sccc1C#CCCO. The third-order valence-electron chi connectivity index (χ3n) is 2.71. The molecule has 0 aliphatic rings. The summed E-state index contributed by atoms with van der Waals surface area (Å²) >= 11 is 7.58. The Morgan fingerprint density at radius 3 is 3.00 bits per heavy atom. The van der Waals surface area contributed by atoms with E-state index in [-0.39, 0.29) is 6.61 Å². The lowest BCUT2D eigenvalue weighted by molar-refractivity contribution is 0.305. The van der Waals surface area contributed by atoms with E-state index in [1.165, 1.54) is 0 Å². The van der Waals surface area contributed by atoms with Crippen LogP contribution in [0.25, 0.3) is 0 Å².